The van der Waals surface area contributed by atoms with Crippen molar-refractivity contribution in [2.75, 3.05) is 147 Å². The Morgan fingerprint density at radius 1 is 0.529 bits per heavy atom. The quantitative estimate of drug-likeness (QED) is 0.0440. The number of amides is 17. The van der Waals surface area contributed by atoms with Gasteiger partial charge in [-0.3, -0.25) is 91.1 Å². The summed E-state index contributed by atoms with van der Waals surface area (Å²) in [5, 5.41) is 51.4. The molecular formula is C91H134N20O24S3. The summed E-state index contributed by atoms with van der Waals surface area (Å²) < 4.78 is 18.3. The van der Waals surface area contributed by atoms with Gasteiger partial charge in [-0.15, -0.1) is 0 Å². The predicted octanol–water partition coefficient (Wildman–Crippen LogP) is -3.20. The highest BCUT2D eigenvalue weighted by molar-refractivity contribution is 7.99. The molecule has 0 aliphatic carbocycles. The third kappa shape index (κ3) is 34.8. The summed E-state index contributed by atoms with van der Waals surface area (Å²) >= 11 is 3.24. The first-order valence-electron chi connectivity index (χ1n) is 46.5. The predicted molar refractivity (Wildman–Crippen MR) is 512 cm³/mol. The summed E-state index contributed by atoms with van der Waals surface area (Å²) in [6, 6.07) is -2.85. The van der Waals surface area contributed by atoms with Crippen molar-refractivity contribution < 1.29 is 116 Å². The number of hydrogen-bond acceptors (Lipinski definition) is 27. The van der Waals surface area contributed by atoms with E-state index in [1.807, 2.05) is 0 Å². The van der Waals surface area contributed by atoms with Crippen LogP contribution in [0.1, 0.15) is 117 Å². The van der Waals surface area contributed by atoms with Gasteiger partial charge in [0.25, 0.3) is 0 Å². The average Bonchev–Trinajstić information content (AvgIpc) is 1.68. The number of aromatic nitrogens is 2. The highest BCUT2D eigenvalue weighted by atomic mass is 32.2. The smallest absolute Gasteiger partial charge is 0.305 e. The molecule has 13 atom stereocenters. The number of aliphatic hydroxyl groups excluding tert-OH is 1. The van der Waals surface area contributed by atoms with Crippen molar-refractivity contribution in [3.63, 3.8) is 0 Å². The van der Waals surface area contributed by atoms with Gasteiger partial charge < -0.3 is 129 Å². The van der Waals surface area contributed by atoms with Crippen molar-refractivity contribution in [1.82, 2.24) is 93.0 Å². The number of fused-ring (bicyclic) bond motifs is 18. The third-order valence-electron chi connectivity index (χ3n) is 23.8. The van der Waals surface area contributed by atoms with Gasteiger partial charge in [-0.1, -0.05) is 71.0 Å². The van der Waals surface area contributed by atoms with Gasteiger partial charge in [0.15, 0.2) is 5.78 Å². The molecule has 4 fully saturated rings. The summed E-state index contributed by atoms with van der Waals surface area (Å²) in [6.45, 7) is 8.85. The summed E-state index contributed by atoms with van der Waals surface area (Å²) in [6.07, 6.45) is -0.938. The number of benzene rings is 2. The number of carboxylic acids is 1. The highest BCUT2D eigenvalue weighted by Crippen LogP contribution is 2.26. The fourth-order valence-corrected chi connectivity index (χ4v) is 18.8. The SMILES string of the molecule is CC[C@@H]1NC(=O)[C@H]([C@@H](C)O)NC(=O)[C@@H](CC(=O)[C@H](C)NC(=O)CN(C)C(=O)CCN)CSCCC(=O)N2CCOCCN3CCOCCN(CCOCC2)C(=O)CCSC[C@@H](NC1=O)C(=O)N[C@@H](Cc1c[nH]c2ccccc12)C(=O)N[C@@H](C(C)C)C(=O)N[C@@H](CC(=O)O)C(=O)NCC(=O)N[C@@H](Cc1c[nH]c2ccccc12)C(=O)N[C@@H](C(C)C)C(=O)N1CCC[C@H]1C(=O)N[C@H](C(N)=O)CSCCC3=O. The standard InChI is InChI=1S/C91H134N20O24S3/c1-9-61-84(125)103-68-51-138-40-23-76(119)110-30-36-134-33-27-108(74(117)21-38-136-49-58(82(123)106-80(55(7)112)90(131)99-61)43-70(113)54(6)97-72(115)48-107(8)73(116)20-24-92)26-32-133-34-28-109(29-35-135-37-31-110)75(118)22-39-137-50-67(81(93)122)102-88(129)69-19-14-25-111(69)91(132)79(53(4)5)105-85(126)64(41-56-45-94-62-17-12-10-15-59(56)62)98-71(114)47-96-83(124)66(44-77(120)121)101-89(130)78(52(2)3)104-86(127)65(100-87(68)128)42-57-46-95-63-18-13-11-16-60(57)63/h10-13,15-18,45-46,52-55,58,61,64-69,78-80,94-95,112H,9,14,19-44,47-51,92H2,1-8H3,(H2,93,122)(H,96,124)(H,97,115)(H,98,114)(H,99,131)(H,100,128)(H,101,130)(H,102,129)(H,103,125)(H,104,127)(H,105,126)(H,106,123)(H,120,121)/t54-,55+,58-,61-,64-,65-,66-,67-,68+,69-,78-,79-,80-/m0/s1. The molecule has 138 heavy (non-hydrogen) atoms. The van der Waals surface area contributed by atoms with Crippen LogP contribution in [0.2, 0.25) is 0 Å². The first-order chi connectivity index (χ1) is 65.9. The molecule has 760 valence electrons. The maximum atomic E-state index is 15.5. The molecule has 19 N–H and O–H groups in total. The molecule has 2 aromatic carbocycles. The molecular weight excluding hydrogens is 1850 g/mol. The summed E-state index contributed by atoms with van der Waals surface area (Å²) in [7, 11) is 1.38. The fraction of sp³-hybridized carbons (Fsp3) is 0.615. The zero-order chi connectivity index (χ0) is 101. The Hall–Kier alpha value is -11.5. The molecule has 0 radical (unpaired) electrons. The monoisotopic (exact) mass is 1990 g/mol. The largest absolute Gasteiger partial charge is 0.481 e. The van der Waals surface area contributed by atoms with E-state index in [4.69, 9.17) is 25.7 Å². The minimum Gasteiger partial charge on any atom is -0.481 e. The zero-order valence-corrected chi connectivity index (χ0v) is 81.7. The zero-order valence-electron chi connectivity index (χ0n) is 79.3. The number of rotatable bonds is 19. The first-order valence-corrected chi connectivity index (χ1v) is 50.0. The number of ketones is 1. The van der Waals surface area contributed by atoms with Crippen LogP contribution in [0.25, 0.3) is 21.8 Å². The molecule has 0 unspecified atom stereocenters. The number of likely N-dealkylation sites (N-methyl/N-ethyl adjacent to an activating group) is 1. The van der Waals surface area contributed by atoms with Crippen LogP contribution in [0.5, 0.6) is 0 Å². The van der Waals surface area contributed by atoms with Crippen LogP contribution >= 0.6 is 35.3 Å². The lowest BCUT2D eigenvalue weighted by atomic mass is 9.98. The van der Waals surface area contributed by atoms with Gasteiger partial charge in [0.05, 0.1) is 77.2 Å². The number of nitrogens with two attached hydrogens (primary N) is 2. The number of ether oxygens (including phenoxy) is 3. The number of primary amides is 1. The van der Waals surface area contributed by atoms with E-state index < -0.39 is 217 Å². The van der Waals surface area contributed by atoms with Crippen LogP contribution in [0.15, 0.2) is 60.9 Å². The fourth-order valence-electron chi connectivity index (χ4n) is 15.8. The summed E-state index contributed by atoms with van der Waals surface area (Å²) in [5.74, 6) is -19.6. The number of aliphatic hydroxyl groups is 1. The average molecular weight is 1990 g/mol. The number of hydrogen-bond donors (Lipinski definition) is 17. The number of carboxylic acid groups (broad SMARTS) is 1. The number of aliphatic carboxylic acids is 1. The summed E-state index contributed by atoms with van der Waals surface area (Å²) in [4.78, 5) is 285. The van der Waals surface area contributed by atoms with E-state index in [-0.39, 0.29) is 190 Å². The number of nitrogens with one attached hydrogen (secondary N) is 13. The van der Waals surface area contributed by atoms with E-state index in [0.29, 0.717) is 39.4 Å². The number of thioether (sulfide) groups is 3. The number of carbonyl (C=O) groups excluding carboxylic acids is 18. The molecule has 17 amide bonds. The molecule has 8 rings (SSSR count). The van der Waals surface area contributed by atoms with E-state index in [2.05, 4.69) is 68.5 Å². The second-order valence-electron chi connectivity index (χ2n) is 35.0. The Balaban J connectivity index is 1.17. The normalized spacial score (nSPS) is 24.6. The van der Waals surface area contributed by atoms with Crippen LogP contribution in [0, 0.1) is 17.8 Å². The minimum absolute atomic E-state index is 0.00898. The Morgan fingerprint density at radius 3 is 1.50 bits per heavy atom. The number of aromatic amines is 2. The number of para-hydroxylation sites is 2. The van der Waals surface area contributed by atoms with Crippen molar-refractivity contribution in [3.05, 3.63) is 72.1 Å². The van der Waals surface area contributed by atoms with Crippen molar-refractivity contribution in [2.24, 2.45) is 29.2 Å². The number of nitrogens with zero attached hydrogens (tertiary/aromatic N) is 5. The van der Waals surface area contributed by atoms with Gasteiger partial charge in [-0.2, -0.15) is 35.3 Å². The molecule has 0 saturated carbocycles. The molecule has 4 aliphatic rings. The van der Waals surface area contributed by atoms with Crippen LogP contribution in [-0.2, 0) is 118 Å². The van der Waals surface area contributed by atoms with Crippen molar-refractivity contribution in [2.45, 2.75) is 192 Å². The van der Waals surface area contributed by atoms with Crippen molar-refractivity contribution in [1.29, 1.82) is 0 Å². The van der Waals surface area contributed by atoms with Gasteiger partial charge in [0, 0.05) is 173 Å². The van der Waals surface area contributed by atoms with Crippen LogP contribution < -0.4 is 70.0 Å². The summed E-state index contributed by atoms with van der Waals surface area (Å²) in [5.41, 5.74) is 13.7. The van der Waals surface area contributed by atoms with Crippen molar-refractivity contribution in [3.8, 4) is 0 Å². The molecule has 44 nitrogen and oxygen atoms in total. The van der Waals surface area contributed by atoms with Crippen molar-refractivity contribution >= 4 is 169 Å². The van der Waals surface area contributed by atoms with E-state index in [0.717, 1.165) is 40.2 Å². The molecule has 2 aromatic heterocycles. The van der Waals surface area contributed by atoms with E-state index in [1.165, 1.54) is 61.3 Å². The number of H-pyrrole nitrogens is 2. The Morgan fingerprint density at radius 2 is 1.00 bits per heavy atom. The molecule has 4 bridgehead atoms. The molecule has 6 heterocycles. The van der Waals surface area contributed by atoms with Gasteiger partial charge in [-0.25, -0.2) is 0 Å². The van der Waals surface area contributed by atoms with Gasteiger partial charge in [0.1, 0.15) is 60.4 Å². The second kappa shape index (κ2) is 56.5. The first kappa shape index (κ1) is 112. The highest BCUT2D eigenvalue weighted by Gasteiger charge is 2.43. The van der Waals surface area contributed by atoms with Crippen LogP contribution in [0.3, 0.4) is 0 Å². The molecule has 4 saturated heterocycles. The second-order valence-corrected chi connectivity index (χ2v) is 38.4. The Bertz CT molecular complexity index is 4900. The maximum Gasteiger partial charge on any atom is 0.305 e. The molecule has 4 aromatic rings. The van der Waals surface area contributed by atoms with Crippen LogP contribution in [-0.4, -0.2) is 376 Å². The molecule has 4 aliphatic heterocycles. The van der Waals surface area contributed by atoms with Gasteiger partial charge in [0.2, 0.25) is 100 Å². The Labute approximate surface area is 813 Å². The van der Waals surface area contributed by atoms with E-state index in [9.17, 15) is 91.7 Å². The molecule has 0 spiro atoms. The van der Waals surface area contributed by atoms with Gasteiger partial charge in [-0.05, 0) is 68.2 Å². The maximum absolute atomic E-state index is 15.5. The lowest BCUT2D eigenvalue weighted by molar-refractivity contribution is -0.143. The van der Waals surface area contributed by atoms with E-state index >= 15 is 9.59 Å². The number of carbonyl (C=O) groups is 19. The van der Waals surface area contributed by atoms with Crippen LogP contribution in [0.4, 0.5) is 0 Å². The topological polar surface area (TPSA) is 625 Å². The lowest BCUT2D eigenvalue weighted by Gasteiger charge is -2.32. The van der Waals surface area contributed by atoms with Gasteiger partial charge >= 0.3 is 5.97 Å². The minimum atomic E-state index is -1.96. The lowest BCUT2D eigenvalue weighted by Crippen LogP contribution is -2.61. The third-order valence-corrected chi connectivity index (χ3v) is 27.1. The van der Waals surface area contributed by atoms with E-state index in [1.54, 1.807) is 74.8 Å². The Kier molecular flexibility index (Phi) is 45.8. The molecule has 47 heteroatoms. The number of Topliss-reactive ketones (excluding diaryl/α,β-unsaturated/α-hetero) is 1.